The van der Waals surface area contributed by atoms with Crippen molar-refractivity contribution in [2.75, 3.05) is 11.9 Å². The monoisotopic (exact) mass is 366 g/mol. The number of nitrogens with two attached hydrogens (primary N) is 1. The second-order valence-electron chi connectivity index (χ2n) is 5.48. The lowest BCUT2D eigenvalue weighted by Crippen LogP contribution is -2.16. The molecule has 0 unspecified atom stereocenters. The largest absolute Gasteiger partial charge is 0.494 e. The molecule has 134 valence electrons. The fourth-order valence-corrected chi connectivity index (χ4v) is 2.97. The maximum absolute atomic E-state index is 12.8. The minimum absolute atomic E-state index is 0.0232. The predicted molar refractivity (Wildman–Crippen MR) is 92.3 cm³/mol. The van der Waals surface area contributed by atoms with Gasteiger partial charge in [-0.05, 0) is 55.3 Å². The summed E-state index contributed by atoms with van der Waals surface area (Å²) in [6, 6.07) is 10.1. The minimum atomic E-state index is -3.84. The van der Waals surface area contributed by atoms with E-state index in [0.29, 0.717) is 30.0 Å². The molecule has 0 bridgehead atoms. The van der Waals surface area contributed by atoms with Gasteiger partial charge in [-0.3, -0.25) is 4.79 Å². The van der Waals surface area contributed by atoms with Gasteiger partial charge in [-0.25, -0.2) is 17.9 Å². The van der Waals surface area contributed by atoms with Crippen LogP contribution in [0, 0.1) is 12.7 Å². The zero-order chi connectivity index (χ0) is 18.4. The van der Waals surface area contributed by atoms with Crippen molar-refractivity contribution in [3.05, 3.63) is 53.8 Å². The molecule has 0 fully saturated rings. The Labute approximate surface area is 145 Å². The first-order valence-corrected chi connectivity index (χ1v) is 9.12. The molecule has 0 aliphatic rings. The molecule has 2 aromatic carbocycles. The van der Waals surface area contributed by atoms with Gasteiger partial charge in [0.2, 0.25) is 15.9 Å². The van der Waals surface area contributed by atoms with E-state index >= 15 is 0 Å². The summed E-state index contributed by atoms with van der Waals surface area (Å²) in [6.45, 7) is 1.92. The van der Waals surface area contributed by atoms with Gasteiger partial charge in [0.25, 0.3) is 0 Å². The molecule has 1 amide bonds. The first-order valence-electron chi connectivity index (χ1n) is 7.57. The highest BCUT2D eigenvalue weighted by molar-refractivity contribution is 7.89. The Kier molecular flexibility index (Phi) is 6.11. The van der Waals surface area contributed by atoms with E-state index in [4.69, 9.17) is 9.88 Å². The molecule has 0 saturated heterocycles. The van der Waals surface area contributed by atoms with Crippen LogP contribution in [-0.4, -0.2) is 20.9 Å². The molecule has 0 spiro atoms. The SMILES string of the molecule is Cc1ccc(NC(=O)CCCOc2ccc(F)cc2)cc1S(N)(=O)=O. The Bertz CT molecular complexity index is 851. The van der Waals surface area contributed by atoms with Gasteiger partial charge in [0.15, 0.2) is 0 Å². The van der Waals surface area contributed by atoms with Gasteiger partial charge < -0.3 is 10.1 Å². The Hall–Kier alpha value is -2.45. The Morgan fingerprint density at radius 3 is 2.52 bits per heavy atom. The van der Waals surface area contributed by atoms with Crippen LogP contribution in [0.15, 0.2) is 47.4 Å². The molecule has 2 aromatic rings. The molecular weight excluding hydrogens is 347 g/mol. The Morgan fingerprint density at radius 2 is 1.88 bits per heavy atom. The second-order valence-corrected chi connectivity index (χ2v) is 7.01. The van der Waals surface area contributed by atoms with Crippen LogP contribution in [0.5, 0.6) is 5.75 Å². The summed E-state index contributed by atoms with van der Waals surface area (Å²) in [4.78, 5) is 11.9. The molecule has 0 atom stereocenters. The van der Waals surface area contributed by atoms with Crippen LogP contribution in [0.1, 0.15) is 18.4 Å². The highest BCUT2D eigenvalue weighted by Crippen LogP contribution is 2.19. The third-order valence-electron chi connectivity index (χ3n) is 3.41. The summed E-state index contributed by atoms with van der Waals surface area (Å²) >= 11 is 0. The number of amides is 1. The molecule has 3 N–H and O–H groups in total. The van der Waals surface area contributed by atoms with Crippen molar-refractivity contribution in [1.82, 2.24) is 0 Å². The van der Waals surface area contributed by atoms with E-state index in [9.17, 15) is 17.6 Å². The van der Waals surface area contributed by atoms with Gasteiger partial charge in [0.1, 0.15) is 11.6 Å². The fourth-order valence-electron chi connectivity index (χ4n) is 2.16. The standard InChI is InChI=1S/C17H19FN2O4S/c1-12-4-7-14(11-16(12)25(19,22)23)20-17(21)3-2-10-24-15-8-5-13(18)6-9-15/h4-9,11H,2-3,10H2,1H3,(H,20,21)(H2,19,22,23). The van der Waals surface area contributed by atoms with E-state index in [1.807, 2.05) is 0 Å². The maximum Gasteiger partial charge on any atom is 0.238 e. The predicted octanol–water partition coefficient (Wildman–Crippen LogP) is 2.58. The number of carbonyl (C=O) groups excluding carboxylic acids is 1. The van der Waals surface area contributed by atoms with Crippen LogP contribution in [0.3, 0.4) is 0 Å². The van der Waals surface area contributed by atoms with Crippen LogP contribution in [0.2, 0.25) is 0 Å². The zero-order valence-electron chi connectivity index (χ0n) is 13.7. The number of nitrogens with one attached hydrogen (secondary N) is 1. The van der Waals surface area contributed by atoms with E-state index in [2.05, 4.69) is 5.32 Å². The number of ether oxygens (including phenoxy) is 1. The third kappa shape index (κ3) is 5.84. The number of hydrogen-bond acceptors (Lipinski definition) is 4. The quantitative estimate of drug-likeness (QED) is 0.736. The number of benzene rings is 2. The normalized spacial score (nSPS) is 11.2. The highest BCUT2D eigenvalue weighted by Gasteiger charge is 2.13. The molecule has 6 nitrogen and oxygen atoms in total. The molecule has 8 heteroatoms. The zero-order valence-corrected chi connectivity index (χ0v) is 14.5. The lowest BCUT2D eigenvalue weighted by molar-refractivity contribution is -0.116. The number of primary sulfonamides is 1. The van der Waals surface area contributed by atoms with Crippen LogP contribution in [0.25, 0.3) is 0 Å². The highest BCUT2D eigenvalue weighted by atomic mass is 32.2. The van der Waals surface area contributed by atoms with Gasteiger partial charge in [-0.2, -0.15) is 0 Å². The van der Waals surface area contributed by atoms with E-state index in [-0.39, 0.29) is 23.0 Å². The van der Waals surface area contributed by atoms with Crippen LogP contribution in [0.4, 0.5) is 10.1 Å². The van der Waals surface area contributed by atoms with Crippen LogP contribution >= 0.6 is 0 Å². The number of aryl methyl sites for hydroxylation is 1. The summed E-state index contributed by atoms with van der Waals surface area (Å²) in [5, 5.41) is 7.76. The van der Waals surface area contributed by atoms with E-state index in [1.165, 1.54) is 30.3 Å². The molecule has 2 rings (SSSR count). The van der Waals surface area contributed by atoms with E-state index in [1.54, 1.807) is 19.1 Å². The van der Waals surface area contributed by atoms with Gasteiger partial charge in [-0.1, -0.05) is 6.07 Å². The number of hydrogen-bond donors (Lipinski definition) is 2. The van der Waals surface area contributed by atoms with Crippen LogP contribution < -0.4 is 15.2 Å². The van der Waals surface area contributed by atoms with Crippen LogP contribution in [-0.2, 0) is 14.8 Å². The molecule has 0 heterocycles. The maximum atomic E-state index is 12.8. The topological polar surface area (TPSA) is 98.5 Å². The molecule has 0 aliphatic heterocycles. The van der Waals surface area contributed by atoms with Crippen molar-refractivity contribution in [1.29, 1.82) is 0 Å². The molecule has 0 radical (unpaired) electrons. The molecule has 0 aliphatic carbocycles. The molecular formula is C17H19FN2O4S. The van der Waals surface area contributed by atoms with Crippen molar-refractivity contribution in [2.24, 2.45) is 5.14 Å². The minimum Gasteiger partial charge on any atom is -0.494 e. The number of carbonyl (C=O) groups is 1. The summed E-state index contributed by atoms with van der Waals surface area (Å²) < 4.78 is 41.1. The lowest BCUT2D eigenvalue weighted by atomic mass is 10.2. The number of sulfonamides is 1. The van der Waals surface area contributed by atoms with Gasteiger partial charge >= 0.3 is 0 Å². The number of anilines is 1. The summed E-state index contributed by atoms with van der Waals surface area (Å²) in [6.07, 6.45) is 0.650. The van der Waals surface area contributed by atoms with E-state index in [0.717, 1.165) is 0 Å². The van der Waals surface area contributed by atoms with Crippen molar-refractivity contribution in [2.45, 2.75) is 24.7 Å². The number of halogens is 1. The van der Waals surface area contributed by atoms with Crippen molar-refractivity contribution < 1.29 is 22.3 Å². The average Bonchev–Trinajstić information content (AvgIpc) is 2.54. The van der Waals surface area contributed by atoms with Gasteiger partial charge in [0, 0.05) is 12.1 Å². The summed E-state index contributed by atoms with van der Waals surface area (Å²) in [7, 11) is -3.84. The van der Waals surface area contributed by atoms with E-state index < -0.39 is 10.0 Å². The summed E-state index contributed by atoms with van der Waals surface area (Å²) in [5.74, 6) is -0.0891. The molecule has 0 aromatic heterocycles. The molecule has 0 saturated carbocycles. The Balaban J connectivity index is 1.83. The summed E-state index contributed by atoms with van der Waals surface area (Å²) in [5.41, 5.74) is 0.868. The first kappa shape index (κ1) is 18.9. The second kappa shape index (κ2) is 8.09. The molecule has 25 heavy (non-hydrogen) atoms. The Morgan fingerprint density at radius 1 is 1.20 bits per heavy atom. The lowest BCUT2D eigenvalue weighted by Gasteiger charge is -2.09. The van der Waals surface area contributed by atoms with Crippen molar-refractivity contribution in [3.63, 3.8) is 0 Å². The van der Waals surface area contributed by atoms with Crippen molar-refractivity contribution >= 4 is 21.6 Å². The first-order chi connectivity index (χ1) is 11.8. The average molecular weight is 366 g/mol. The van der Waals surface area contributed by atoms with Crippen molar-refractivity contribution in [3.8, 4) is 5.75 Å². The van der Waals surface area contributed by atoms with Gasteiger partial charge in [-0.15, -0.1) is 0 Å². The third-order valence-corrected chi connectivity index (χ3v) is 4.46. The number of rotatable bonds is 7. The smallest absolute Gasteiger partial charge is 0.238 e. The van der Waals surface area contributed by atoms with Gasteiger partial charge in [0.05, 0.1) is 11.5 Å². The fraction of sp³-hybridized carbons (Fsp3) is 0.235.